The number of aromatic nitrogens is 1. The van der Waals surface area contributed by atoms with E-state index in [0.717, 1.165) is 5.76 Å². The van der Waals surface area contributed by atoms with Crippen LogP contribution in [0.4, 0.5) is 0 Å². The molecular formula is C8H10BrNOS. The van der Waals surface area contributed by atoms with Gasteiger partial charge in [-0.3, -0.25) is 0 Å². The van der Waals surface area contributed by atoms with Crippen molar-refractivity contribution < 1.29 is 4.42 Å². The molecule has 1 aromatic heterocycles. The highest BCUT2D eigenvalue weighted by molar-refractivity contribution is 9.10. The lowest BCUT2D eigenvalue weighted by Crippen LogP contribution is -2.07. The Morgan fingerprint density at radius 3 is 3.17 bits per heavy atom. The minimum atomic E-state index is 0.586. The lowest BCUT2D eigenvalue weighted by atomic mass is 10.0. The molecule has 4 heteroatoms. The van der Waals surface area contributed by atoms with E-state index >= 15 is 0 Å². The molecule has 0 aliphatic carbocycles. The van der Waals surface area contributed by atoms with Crippen molar-refractivity contribution in [2.45, 2.75) is 18.8 Å². The van der Waals surface area contributed by atoms with E-state index in [-0.39, 0.29) is 0 Å². The summed E-state index contributed by atoms with van der Waals surface area (Å²) in [7, 11) is 0. The molecule has 0 saturated carbocycles. The van der Waals surface area contributed by atoms with E-state index in [1.807, 2.05) is 18.0 Å². The van der Waals surface area contributed by atoms with Gasteiger partial charge in [0.15, 0.2) is 0 Å². The molecule has 1 aliphatic rings. The SMILES string of the molecule is Brc1ncc(C2CCCSC2)o1. The summed E-state index contributed by atoms with van der Waals surface area (Å²) < 4.78 is 5.42. The molecule has 1 unspecified atom stereocenters. The summed E-state index contributed by atoms with van der Waals surface area (Å²) in [4.78, 5) is 4.64. The molecule has 2 nitrogen and oxygen atoms in total. The van der Waals surface area contributed by atoms with E-state index in [0.29, 0.717) is 10.7 Å². The Labute approximate surface area is 84.3 Å². The van der Waals surface area contributed by atoms with Gasteiger partial charge in [0.2, 0.25) is 0 Å². The van der Waals surface area contributed by atoms with E-state index in [2.05, 4.69) is 20.9 Å². The van der Waals surface area contributed by atoms with E-state index < -0.39 is 0 Å². The normalized spacial score (nSPS) is 24.2. The van der Waals surface area contributed by atoms with Crippen molar-refractivity contribution in [1.29, 1.82) is 0 Å². The van der Waals surface area contributed by atoms with Crippen LogP contribution in [-0.2, 0) is 0 Å². The van der Waals surface area contributed by atoms with Crippen molar-refractivity contribution >= 4 is 27.7 Å². The van der Waals surface area contributed by atoms with Crippen LogP contribution in [0.5, 0.6) is 0 Å². The van der Waals surface area contributed by atoms with E-state index in [1.165, 1.54) is 24.3 Å². The van der Waals surface area contributed by atoms with Crippen LogP contribution in [-0.4, -0.2) is 16.5 Å². The molecular weight excluding hydrogens is 238 g/mol. The molecule has 0 bridgehead atoms. The Morgan fingerprint density at radius 2 is 2.58 bits per heavy atom. The molecule has 66 valence electrons. The Kier molecular flexibility index (Phi) is 2.76. The number of rotatable bonds is 1. The maximum atomic E-state index is 5.42. The third kappa shape index (κ3) is 1.85. The van der Waals surface area contributed by atoms with Crippen LogP contribution >= 0.6 is 27.7 Å². The molecule has 2 rings (SSSR count). The fourth-order valence-corrected chi connectivity index (χ4v) is 2.86. The molecule has 1 atom stereocenters. The third-order valence-corrected chi connectivity index (χ3v) is 3.64. The van der Waals surface area contributed by atoms with Gasteiger partial charge in [0.25, 0.3) is 4.80 Å². The van der Waals surface area contributed by atoms with Crippen molar-refractivity contribution in [1.82, 2.24) is 4.98 Å². The molecule has 1 aromatic rings. The molecule has 1 saturated heterocycles. The number of oxazole rings is 1. The second kappa shape index (κ2) is 3.83. The Morgan fingerprint density at radius 1 is 1.67 bits per heavy atom. The smallest absolute Gasteiger partial charge is 0.264 e. The quantitative estimate of drug-likeness (QED) is 0.764. The van der Waals surface area contributed by atoms with Crippen molar-refractivity contribution in [2.24, 2.45) is 0 Å². The highest BCUT2D eigenvalue weighted by Gasteiger charge is 2.19. The third-order valence-electron chi connectivity index (χ3n) is 2.06. The van der Waals surface area contributed by atoms with Gasteiger partial charge < -0.3 is 4.42 Å². The van der Waals surface area contributed by atoms with Gasteiger partial charge >= 0.3 is 0 Å². The lowest BCUT2D eigenvalue weighted by molar-refractivity contribution is 0.439. The van der Waals surface area contributed by atoms with Gasteiger partial charge in [0, 0.05) is 27.6 Å². The first-order chi connectivity index (χ1) is 5.86. The van der Waals surface area contributed by atoms with E-state index in [4.69, 9.17) is 4.42 Å². The predicted octanol–water partition coefficient (Wildman–Crippen LogP) is 3.05. The molecule has 0 aromatic carbocycles. The standard InChI is InChI=1S/C8H10BrNOS/c9-8-10-4-7(11-8)6-2-1-3-12-5-6/h4,6H,1-3,5H2. The van der Waals surface area contributed by atoms with Gasteiger partial charge in [-0.05, 0) is 18.6 Å². The molecule has 0 spiro atoms. The first-order valence-electron chi connectivity index (χ1n) is 4.05. The summed E-state index contributed by atoms with van der Waals surface area (Å²) in [6.45, 7) is 0. The van der Waals surface area contributed by atoms with Crippen LogP contribution in [0, 0.1) is 0 Å². The second-order valence-corrected chi connectivity index (χ2v) is 4.76. The molecule has 0 N–H and O–H groups in total. The van der Waals surface area contributed by atoms with Gasteiger partial charge in [-0.25, -0.2) is 4.98 Å². The molecule has 0 amide bonds. The number of hydrogen-bond acceptors (Lipinski definition) is 3. The zero-order chi connectivity index (χ0) is 8.39. The van der Waals surface area contributed by atoms with Gasteiger partial charge in [-0.2, -0.15) is 11.8 Å². The molecule has 2 heterocycles. The van der Waals surface area contributed by atoms with Gasteiger partial charge in [-0.15, -0.1) is 0 Å². The maximum Gasteiger partial charge on any atom is 0.264 e. The van der Waals surface area contributed by atoms with Crippen LogP contribution in [0.2, 0.25) is 0 Å². The highest BCUT2D eigenvalue weighted by Crippen LogP contribution is 2.31. The van der Waals surface area contributed by atoms with Gasteiger partial charge in [-0.1, -0.05) is 0 Å². The summed E-state index contributed by atoms with van der Waals surface area (Å²) in [5.41, 5.74) is 0. The topological polar surface area (TPSA) is 26.0 Å². The molecule has 1 aliphatic heterocycles. The summed E-state index contributed by atoms with van der Waals surface area (Å²) in [5.74, 6) is 4.10. The average Bonchev–Trinajstić information content (AvgIpc) is 2.54. The summed E-state index contributed by atoms with van der Waals surface area (Å²) in [6, 6.07) is 0. The van der Waals surface area contributed by atoms with Crippen LogP contribution in [0.1, 0.15) is 24.5 Å². The van der Waals surface area contributed by atoms with Crippen LogP contribution in [0.15, 0.2) is 15.4 Å². The van der Waals surface area contributed by atoms with Crippen molar-refractivity contribution in [3.63, 3.8) is 0 Å². The van der Waals surface area contributed by atoms with Gasteiger partial charge in [0.05, 0.1) is 6.20 Å². The first-order valence-corrected chi connectivity index (χ1v) is 6.00. The maximum absolute atomic E-state index is 5.42. The van der Waals surface area contributed by atoms with E-state index in [9.17, 15) is 0 Å². The van der Waals surface area contributed by atoms with Crippen molar-refractivity contribution in [3.8, 4) is 0 Å². The monoisotopic (exact) mass is 247 g/mol. The van der Waals surface area contributed by atoms with Gasteiger partial charge in [0.1, 0.15) is 5.76 Å². The summed E-state index contributed by atoms with van der Waals surface area (Å²) >= 11 is 5.22. The zero-order valence-corrected chi connectivity index (χ0v) is 9.03. The summed E-state index contributed by atoms with van der Waals surface area (Å²) in [6.07, 6.45) is 4.38. The minimum absolute atomic E-state index is 0.586. The van der Waals surface area contributed by atoms with Crippen molar-refractivity contribution in [3.05, 3.63) is 16.8 Å². The predicted molar refractivity (Wildman–Crippen MR) is 53.5 cm³/mol. The number of thioether (sulfide) groups is 1. The molecule has 0 radical (unpaired) electrons. The lowest BCUT2D eigenvalue weighted by Gasteiger charge is -2.18. The highest BCUT2D eigenvalue weighted by atomic mass is 79.9. The fraction of sp³-hybridized carbons (Fsp3) is 0.625. The first kappa shape index (κ1) is 8.63. The minimum Gasteiger partial charge on any atom is -0.436 e. The molecule has 12 heavy (non-hydrogen) atoms. The van der Waals surface area contributed by atoms with Crippen LogP contribution in [0.3, 0.4) is 0 Å². The fourth-order valence-electron chi connectivity index (χ4n) is 1.42. The average molecular weight is 248 g/mol. The van der Waals surface area contributed by atoms with Crippen LogP contribution < -0.4 is 0 Å². The van der Waals surface area contributed by atoms with E-state index in [1.54, 1.807) is 0 Å². The summed E-state index contributed by atoms with van der Waals surface area (Å²) in [5, 5.41) is 0. The van der Waals surface area contributed by atoms with Crippen LogP contribution in [0.25, 0.3) is 0 Å². The Balaban J connectivity index is 2.08. The van der Waals surface area contributed by atoms with Crippen molar-refractivity contribution in [2.75, 3.05) is 11.5 Å². The number of hydrogen-bond donors (Lipinski definition) is 0. The Bertz CT molecular complexity index is 257. The largest absolute Gasteiger partial charge is 0.436 e. The second-order valence-electron chi connectivity index (χ2n) is 2.93. The number of halogens is 1. The number of nitrogens with zero attached hydrogens (tertiary/aromatic N) is 1. The molecule has 1 fully saturated rings. The Hall–Kier alpha value is 0.0400. The zero-order valence-electron chi connectivity index (χ0n) is 6.62.